The number of hydrogen-bond acceptors (Lipinski definition) is 2. The standard InChI is InChI=1S/C16H13NOS/c18-19(12-13-6-2-1-3-7-13)15-10-4-8-14-9-5-11-17-16(14)15/h1-11H,12H2. The third kappa shape index (κ3) is 2.56. The molecular weight excluding hydrogens is 254 g/mol. The van der Waals surface area contributed by atoms with Crippen LogP contribution in [0.3, 0.4) is 0 Å². The maximum absolute atomic E-state index is 12.5. The molecule has 0 N–H and O–H groups in total. The van der Waals surface area contributed by atoms with Crippen LogP contribution < -0.4 is 0 Å². The molecule has 0 spiro atoms. The Hall–Kier alpha value is -2.00. The first-order valence-corrected chi connectivity index (χ1v) is 7.42. The minimum atomic E-state index is -1.07. The first-order valence-electron chi connectivity index (χ1n) is 6.10. The average Bonchev–Trinajstić information content (AvgIpc) is 2.47. The molecule has 0 fully saturated rings. The Balaban J connectivity index is 1.98. The topological polar surface area (TPSA) is 30.0 Å². The summed E-state index contributed by atoms with van der Waals surface area (Å²) >= 11 is 0. The van der Waals surface area contributed by atoms with E-state index in [-0.39, 0.29) is 0 Å². The number of para-hydroxylation sites is 1. The molecule has 3 heteroatoms. The SMILES string of the molecule is O=S(Cc1ccccc1)c1cccc2cccnc12. The van der Waals surface area contributed by atoms with Gasteiger partial charge in [0.15, 0.2) is 0 Å². The summed E-state index contributed by atoms with van der Waals surface area (Å²) in [7, 11) is -1.07. The van der Waals surface area contributed by atoms with Crippen molar-refractivity contribution in [3.63, 3.8) is 0 Å². The maximum Gasteiger partial charge on any atom is 0.0863 e. The molecule has 0 bridgehead atoms. The highest BCUT2D eigenvalue weighted by atomic mass is 32.2. The zero-order chi connectivity index (χ0) is 13.1. The lowest BCUT2D eigenvalue weighted by atomic mass is 10.2. The summed E-state index contributed by atoms with van der Waals surface area (Å²) in [5.41, 5.74) is 1.91. The van der Waals surface area contributed by atoms with E-state index in [0.717, 1.165) is 21.4 Å². The van der Waals surface area contributed by atoms with Crippen molar-refractivity contribution in [1.29, 1.82) is 0 Å². The van der Waals surface area contributed by atoms with Gasteiger partial charge in [0.1, 0.15) is 0 Å². The van der Waals surface area contributed by atoms with Gasteiger partial charge in [0, 0.05) is 11.6 Å². The van der Waals surface area contributed by atoms with E-state index in [1.54, 1.807) is 6.20 Å². The van der Waals surface area contributed by atoms with Gasteiger partial charge in [-0.25, -0.2) is 0 Å². The normalized spacial score (nSPS) is 12.4. The fourth-order valence-electron chi connectivity index (χ4n) is 2.06. The van der Waals surface area contributed by atoms with E-state index < -0.39 is 10.8 Å². The zero-order valence-corrected chi connectivity index (χ0v) is 11.1. The molecule has 0 aliphatic carbocycles. The molecule has 0 radical (unpaired) electrons. The van der Waals surface area contributed by atoms with Crippen molar-refractivity contribution < 1.29 is 4.21 Å². The lowest BCUT2D eigenvalue weighted by molar-refractivity contribution is 0.683. The molecule has 19 heavy (non-hydrogen) atoms. The first-order chi connectivity index (χ1) is 9.34. The molecule has 3 aromatic rings. The lowest BCUT2D eigenvalue weighted by Crippen LogP contribution is -1.98. The third-order valence-electron chi connectivity index (χ3n) is 2.98. The molecule has 1 unspecified atom stereocenters. The van der Waals surface area contributed by atoms with Gasteiger partial charge in [-0.3, -0.25) is 9.19 Å². The lowest BCUT2D eigenvalue weighted by Gasteiger charge is -2.05. The second-order valence-electron chi connectivity index (χ2n) is 4.31. The van der Waals surface area contributed by atoms with Gasteiger partial charge in [-0.1, -0.05) is 48.5 Å². The molecule has 2 nitrogen and oxygen atoms in total. The predicted octanol–water partition coefficient (Wildman–Crippen LogP) is 3.54. The summed E-state index contributed by atoms with van der Waals surface area (Å²) < 4.78 is 12.5. The van der Waals surface area contributed by atoms with Gasteiger partial charge >= 0.3 is 0 Å². The van der Waals surface area contributed by atoms with Crippen LogP contribution in [0.5, 0.6) is 0 Å². The van der Waals surface area contributed by atoms with Crippen LogP contribution in [0.1, 0.15) is 5.56 Å². The predicted molar refractivity (Wildman–Crippen MR) is 78.3 cm³/mol. The molecule has 0 aliphatic heterocycles. The summed E-state index contributed by atoms with van der Waals surface area (Å²) in [4.78, 5) is 5.16. The zero-order valence-electron chi connectivity index (χ0n) is 10.3. The second-order valence-corrected chi connectivity index (χ2v) is 5.73. The van der Waals surface area contributed by atoms with Crippen molar-refractivity contribution >= 4 is 21.7 Å². The van der Waals surface area contributed by atoms with Crippen molar-refractivity contribution in [2.75, 3.05) is 0 Å². The van der Waals surface area contributed by atoms with Crippen molar-refractivity contribution in [3.05, 3.63) is 72.4 Å². The third-order valence-corrected chi connectivity index (χ3v) is 4.40. The van der Waals surface area contributed by atoms with Gasteiger partial charge in [0.2, 0.25) is 0 Å². The van der Waals surface area contributed by atoms with E-state index in [1.165, 1.54) is 0 Å². The first kappa shape index (κ1) is 12.1. The van der Waals surface area contributed by atoms with Crippen LogP contribution in [0.4, 0.5) is 0 Å². The highest BCUT2D eigenvalue weighted by Gasteiger charge is 2.09. The maximum atomic E-state index is 12.5. The fraction of sp³-hybridized carbons (Fsp3) is 0.0625. The van der Waals surface area contributed by atoms with Crippen LogP contribution in [-0.2, 0) is 16.6 Å². The van der Waals surface area contributed by atoms with E-state index in [0.29, 0.717) is 5.75 Å². The summed E-state index contributed by atoms with van der Waals surface area (Å²) in [6.07, 6.45) is 1.74. The van der Waals surface area contributed by atoms with Crippen LogP contribution in [0, 0.1) is 0 Å². The Morgan fingerprint density at radius 3 is 2.53 bits per heavy atom. The molecule has 0 amide bonds. The van der Waals surface area contributed by atoms with E-state index in [4.69, 9.17) is 0 Å². The van der Waals surface area contributed by atoms with Gasteiger partial charge in [0.25, 0.3) is 0 Å². The Morgan fingerprint density at radius 1 is 0.895 bits per heavy atom. The Kier molecular flexibility index (Phi) is 3.38. The molecule has 0 saturated carbocycles. The van der Waals surface area contributed by atoms with Gasteiger partial charge < -0.3 is 0 Å². The van der Waals surface area contributed by atoms with Gasteiger partial charge in [-0.05, 0) is 17.7 Å². The molecule has 0 aliphatic rings. The van der Waals surface area contributed by atoms with E-state index in [1.807, 2.05) is 60.7 Å². The van der Waals surface area contributed by atoms with Gasteiger partial charge in [-0.2, -0.15) is 0 Å². The minimum Gasteiger partial charge on any atom is -0.255 e. The molecular formula is C16H13NOS. The number of fused-ring (bicyclic) bond motifs is 1. The Morgan fingerprint density at radius 2 is 1.68 bits per heavy atom. The number of rotatable bonds is 3. The largest absolute Gasteiger partial charge is 0.255 e. The molecule has 1 atom stereocenters. The molecule has 3 rings (SSSR count). The number of hydrogen-bond donors (Lipinski definition) is 0. The summed E-state index contributed by atoms with van der Waals surface area (Å²) in [5, 5.41) is 1.03. The summed E-state index contributed by atoms with van der Waals surface area (Å²) in [5.74, 6) is 0.524. The van der Waals surface area contributed by atoms with Gasteiger partial charge in [-0.15, -0.1) is 0 Å². The van der Waals surface area contributed by atoms with Crippen molar-refractivity contribution in [3.8, 4) is 0 Å². The van der Waals surface area contributed by atoms with Gasteiger partial charge in [0.05, 0.1) is 27.0 Å². The van der Waals surface area contributed by atoms with E-state index in [9.17, 15) is 4.21 Å². The number of nitrogens with zero attached hydrogens (tertiary/aromatic N) is 1. The van der Waals surface area contributed by atoms with Crippen LogP contribution in [0.15, 0.2) is 71.8 Å². The number of pyridine rings is 1. The van der Waals surface area contributed by atoms with Crippen molar-refractivity contribution in [2.45, 2.75) is 10.6 Å². The van der Waals surface area contributed by atoms with Crippen LogP contribution >= 0.6 is 0 Å². The average molecular weight is 267 g/mol. The van der Waals surface area contributed by atoms with E-state index >= 15 is 0 Å². The quantitative estimate of drug-likeness (QED) is 0.726. The van der Waals surface area contributed by atoms with Crippen LogP contribution in [0.25, 0.3) is 10.9 Å². The molecule has 0 saturated heterocycles. The van der Waals surface area contributed by atoms with Crippen molar-refractivity contribution in [1.82, 2.24) is 4.98 Å². The number of aromatic nitrogens is 1. The van der Waals surface area contributed by atoms with E-state index in [2.05, 4.69) is 4.98 Å². The summed E-state index contributed by atoms with van der Waals surface area (Å²) in [6.45, 7) is 0. The highest BCUT2D eigenvalue weighted by molar-refractivity contribution is 7.84. The van der Waals surface area contributed by atoms with Crippen LogP contribution in [-0.4, -0.2) is 9.19 Å². The second kappa shape index (κ2) is 5.33. The van der Waals surface area contributed by atoms with Crippen molar-refractivity contribution in [2.24, 2.45) is 0 Å². The molecule has 1 heterocycles. The molecule has 94 valence electrons. The molecule has 1 aromatic heterocycles. The summed E-state index contributed by atoms with van der Waals surface area (Å²) in [6, 6.07) is 19.6. The highest BCUT2D eigenvalue weighted by Crippen LogP contribution is 2.21. The smallest absolute Gasteiger partial charge is 0.0863 e. The number of benzene rings is 2. The Bertz CT molecular complexity index is 720. The van der Waals surface area contributed by atoms with Crippen LogP contribution in [0.2, 0.25) is 0 Å². The monoisotopic (exact) mass is 267 g/mol. The fourth-order valence-corrected chi connectivity index (χ4v) is 3.33. The molecule has 2 aromatic carbocycles. The Labute approximate surface area is 114 Å². The minimum absolute atomic E-state index is 0.524.